The summed E-state index contributed by atoms with van der Waals surface area (Å²) < 4.78 is 24.5. The summed E-state index contributed by atoms with van der Waals surface area (Å²) in [4.78, 5) is 8.05. The van der Waals surface area contributed by atoms with Crippen LogP contribution in [0.1, 0.15) is 24.6 Å². The van der Waals surface area contributed by atoms with Crippen molar-refractivity contribution in [3.05, 3.63) is 23.2 Å². The first-order valence-corrected chi connectivity index (χ1v) is 7.15. The molecule has 1 fully saturated rings. The van der Waals surface area contributed by atoms with Crippen LogP contribution in [0.3, 0.4) is 0 Å². The Hall–Kier alpha value is -0.720. The van der Waals surface area contributed by atoms with E-state index < -0.39 is 10.0 Å². The molecule has 0 radical (unpaired) electrons. The molecule has 1 saturated heterocycles. The minimum Gasteiger partial charge on any atom is -0.260 e. The maximum absolute atomic E-state index is 11.5. The SMILES string of the molecule is CS(=O)(=O)N1CCCC1c1cncc(Cl)n1. The normalized spacial score (nSPS) is 22.5. The van der Waals surface area contributed by atoms with Gasteiger partial charge in [-0.3, -0.25) is 4.98 Å². The van der Waals surface area contributed by atoms with Crippen LogP contribution in [-0.2, 0) is 10.0 Å². The molecule has 1 aromatic rings. The average Bonchev–Trinajstić information content (AvgIpc) is 2.65. The van der Waals surface area contributed by atoms with Gasteiger partial charge in [-0.05, 0) is 12.8 Å². The van der Waals surface area contributed by atoms with E-state index >= 15 is 0 Å². The topological polar surface area (TPSA) is 63.2 Å². The second kappa shape index (κ2) is 4.27. The van der Waals surface area contributed by atoms with Crippen LogP contribution in [0.2, 0.25) is 5.15 Å². The van der Waals surface area contributed by atoms with Crippen molar-refractivity contribution in [2.75, 3.05) is 12.8 Å². The summed E-state index contributed by atoms with van der Waals surface area (Å²) in [5, 5.41) is 0.290. The molecule has 88 valence electrons. The summed E-state index contributed by atoms with van der Waals surface area (Å²) in [6, 6.07) is -0.221. The largest absolute Gasteiger partial charge is 0.260 e. The van der Waals surface area contributed by atoms with E-state index in [9.17, 15) is 8.42 Å². The van der Waals surface area contributed by atoms with Gasteiger partial charge in [0.25, 0.3) is 0 Å². The molecule has 1 aliphatic heterocycles. The Kier molecular flexibility index (Phi) is 3.14. The van der Waals surface area contributed by atoms with E-state index in [0.29, 0.717) is 12.2 Å². The molecule has 2 rings (SSSR count). The zero-order chi connectivity index (χ0) is 11.8. The summed E-state index contributed by atoms with van der Waals surface area (Å²) in [6.45, 7) is 0.539. The third kappa shape index (κ3) is 2.34. The molecule has 0 aromatic carbocycles. The Morgan fingerprint density at radius 2 is 2.25 bits per heavy atom. The van der Waals surface area contributed by atoms with Crippen LogP contribution < -0.4 is 0 Å². The standard InChI is InChI=1S/C9H12ClN3O2S/c1-16(14,15)13-4-2-3-8(13)7-5-11-6-9(10)12-7/h5-6,8H,2-4H2,1H3. The van der Waals surface area contributed by atoms with Crippen molar-refractivity contribution in [1.82, 2.24) is 14.3 Å². The summed E-state index contributed by atoms with van der Waals surface area (Å²) in [5.74, 6) is 0. The lowest BCUT2D eigenvalue weighted by Crippen LogP contribution is -2.30. The molecule has 7 heteroatoms. The number of hydrogen-bond acceptors (Lipinski definition) is 4. The Morgan fingerprint density at radius 3 is 2.88 bits per heavy atom. The molecule has 0 bridgehead atoms. The summed E-state index contributed by atoms with van der Waals surface area (Å²) in [6.07, 6.45) is 5.82. The Balaban J connectivity index is 2.34. The van der Waals surface area contributed by atoms with Crippen LogP contribution in [0.4, 0.5) is 0 Å². The average molecular weight is 262 g/mol. The van der Waals surface area contributed by atoms with Crippen LogP contribution in [-0.4, -0.2) is 35.5 Å². The molecular formula is C9H12ClN3O2S. The molecule has 1 aliphatic rings. The molecule has 0 saturated carbocycles. The number of nitrogens with zero attached hydrogens (tertiary/aromatic N) is 3. The van der Waals surface area contributed by atoms with Crippen LogP contribution in [0.25, 0.3) is 0 Å². The number of halogens is 1. The highest BCUT2D eigenvalue weighted by Crippen LogP contribution is 2.32. The highest BCUT2D eigenvalue weighted by Gasteiger charge is 2.33. The van der Waals surface area contributed by atoms with Crippen LogP contribution in [0.5, 0.6) is 0 Å². The molecule has 5 nitrogen and oxygen atoms in total. The lowest BCUT2D eigenvalue weighted by Gasteiger charge is -2.21. The third-order valence-electron chi connectivity index (χ3n) is 2.59. The lowest BCUT2D eigenvalue weighted by molar-refractivity contribution is 0.393. The Morgan fingerprint density at radius 1 is 1.50 bits per heavy atom. The molecule has 2 heterocycles. The van der Waals surface area contributed by atoms with Gasteiger partial charge in [0.1, 0.15) is 5.15 Å². The number of aromatic nitrogens is 2. The molecule has 1 atom stereocenters. The minimum atomic E-state index is -3.19. The molecule has 1 aromatic heterocycles. The first-order chi connectivity index (χ1) is 7.48. The fraction of sp³-hybridized carbons (Fsp3) is 0.556. The van der Waals surface area contributed by atoms with Gasteiger partial charge in [-0.2, -0.15) is 4.31 Å². The van der Waals surface area contributed by atoms with Crippen LogP contribution in [0, 0.1) is 0 Å². The fourth-order valence-electron chi connectivity index (χ4n) is 1.95. The molecule has 0 amide bonds. The quantitative estimate of drug-likeness (QED) is 0.803. The summed E-state index contributed by atoms with van der Waals surface area (Å²) >= 11 is 5.74. The van der Waals surface area contributed by atoms with Gasteiger partial charge >= 0.3 is 0 Å². The van der Waals surface area contributed by atoms with Crippen molar-refractivity contribution in [3.8, 4) is 0 Å². The minimum absolute atomic E-state index is 0.221. The molecule has 0 aliphatic carbocycles. The maximum atomic E-state index is 11.5. The van der Waals surface area contributed by atoms with Crippen molar-refractivity contribution >= 4 is 21.6 Å². The number of rotatable bonds is 2. The Bertz CT molecular complexity index is 491. The monoisotopic (exact) mass is 261 g/mol. The highest BCUT2D eigenvalue weighted by molar-refractivity contribution is 7.88. The molecule has 1 unspecified atom stereocenters. The van der Waals surface area contributed by atoms with Gasteiger partial charge in [-0.25, -0.2) is 13.4 Å². The molecular weight excluding hydrogens is 250 g/mol. The summed E-state index contributed by atoms with van der Waals surface area (Å²) in [5.41, 5.74) is 0.621. The van der Waals surface area contributed by atoms with Crippen molar-refractivity contribution in [2.45, 2.75) is 18.9 Å². The van der Waals surface area contributed by atoms with Crippen LogP contribution >= 0.6 is 11.6 Å². The van der Waals surface area contributed by atoms with E-state index in [1.165, 1.54) is 16.8 Å². The van der Waals surface area contributed by atoms with E-state index in [4.69, 9.17) is 11.6 Å². The van der Waals surface area contributed by atoms with Crippen LogP contribution in [0.15, 0.2) is 12.4 Å². The van der Waals surface area contributed by atoms with Gasteiger partial charge in [0.2, 0.25) is 10.0 Å². The molecule has 0 N–H and O–H groups in total. The summed E-state index contributed by atoms with van der Waals surface area (Å²) in [7, 11) is -3.19. The fourth-order valence-corrected chi connectivity index (χ4v) is 3.24. The van der Waals surface area contributed by atoms with Gasteiger partial charge < -0.3 is 0 Å². The zero-order valence-electron chi connectivity index (χ0n) is 8.80. The van der Waals surface area contributed by atoms with E-state index in [0.717, 1.165) is 12.8 Å². The lowest BCUT2D eigenvalue weighted by atomic mass is 10.2. The van der Waals surface area contributed by atoms with E-state index in [-0.39, 0.29) is 11.2 Å². The second-order valence-corrected chi connectivity index (χ2v) is 6.12. The zero-order valence-corrected chi connectivity index (χ0v) is 10.4. The van der Waals surface area contributed by atoms with Crippen molar-refractivity contribution in [3.63, 3.8) is 0 Å². The Labute approximate surface area is 99.5 Å². The molecule has 0 spiro atoms. The molecule has 16 heavy (non-hydrogen) atoms. The van der Waals surface area contributed by atoms with Crippen molar-refractivity contribution < 1.29 is 8.42 Å². The first-order valence-electron chi connectivity index (χ1n) is 4.93. The number of hydrogen-bond donors (Lipinski definition) is 0. The predicted octanol–water partition coefficient (Wildman–Crippen LogP) is 1.23. The maximum Gasteiger partial charge on any atom is 0.211 e. The van der Waals surface area contributed by atoms with Gasteiger partial charge in [0, 0.05) is 6.54 Å². The predicted molar refractivity (Wildman–Crippen MR) is 60.6 cm³/mol. The van der Waals surface area contributed by atoms with Crippen molar-refractivity contribution in [1.29, 1.82) is 0 Å². The third-order valence-corrected chi connectivity index (χ3v) is 4.07. The van der Waals surface area contributed by atoms with Crippen molar-refractivity contribution in [2.24, 2.45) is 0 Å². The van der Waals surface area contributed by atoms with Gasteiger partial charge in [-0.15, -0.1) is 0 Å². The van der Waals surface area contributed by atoms with Gasteiger partial charge in [0.15, 0.2) is 0 Å². The smallest absolute Gasteiger partial charge is 0.211 e. The van der Waals surface area contributed by atoms with E-state index in [1.54, 1.807) is 6.20 Å². The number of sulfonamides is 1. The van der Waals surface area contributed by atoms with E-state index in [1.807, 2.05) is 0 Å². The van der Waals surface area contributed by atoms with Gasteiger partial charge in [-0.1, -0.05) is 11.6 Å². The first kappa shape index (κ1) is 11.8. The van der Waals surface area contributed by atoms with Gasteiger partial charge in [0.05, 0.1) is 30.4 Å². The highest BCUT2D eigenvalue weighted by atomic mass is 35.5. The second-order valence-electron chi connectivity index (χ2n) is 3.80. The van der Waals surface area contributed by atoms with E-state index in [2.05, 4.69) is 9.97 Å².